The van der Waals surface area contributed by atoms with E-state index < -0.39 is 0 Å². The van der Waals surface area contributed by atoms with Gasteiger partial charge in [-0.1, -0.05) is 29.3 Å². The number of aromatic nitrogens is 3. The van der Waals surface area contributed by atoms with Crippen molar-refractivity contribution in [1.82, 2.24) is 19.7 Å². The predicted octanol–water partition coefficient (Wildman–Crippen LogP) is 4.97. The number of nitrogens with one attached hydrogen (secondary N) is 1. The number of nitrogens with zero attached hydrogens (tertiary/aromatic N) is 3. The summed E-state index contributed by atoms with van der Waals surface area (Å²) in [7, 11) is 3.37. The van der Waals surface area contributed by atoms with Crippen molar-refractivity contribution in [2.75, 3.05) is 14.2 Å². The van der Waals surface area contributed by atoms with Gasteiger partial charge >= 0.3 is 0 Å². The van der Waals surface area contributed by atoms with E-state index >= 15 is 0 Å². The van der Waals surface area contributed by atoms with Gasteiger partial charge in [-0.25, -0.2) is 0 Å². The number of rotatable bonds is 7. The Hall–Kier alpha value is -2.35. The molecule has 1 heterocycles. The molecule has 0 saturated heterocycles. The number of hydrogen-bond acceptors (Lipinski definition) is 4. The van der Waals surface area contributed by atoms with Crippen molar-refractivity contribution >= 4 is 41.3 Å². The van der Waals surface area contributed by atoms with Crippen molar-refractivity contribution in [2.24, 2.45) is 0 Å². The van der Waals surface area contributed by atoms with E-state index in [9.17, 15) is 4.79 Å². The van der Waals surface area contributed by atoms with Crippen molar-refractivity contribution in [1.29, 1.82) is 0 Å². The van der Waals surface area contributed by atoms with Crippen molar-refractivity contribution in [3.8, 4) is 17.1 Å². The van der Waals surface area contributed by atoms with Crippen molar-refractivity contribution < 1.29 is 9.53 Å². The van der Waals surface area contributed by atoms with Gasteiger partial charge in [-0.15, -0.1) is 0 Å². The number of halogens is 2. The van der Waals surface area contributed by atoms with E-state index in [0.717, 1.165) is 16.9 Å². The molecule has 3 rings (SSSR count). The molecule has 0 fully saturated rings. The smallest absolute Gasteiger partial charge is 0.224 e. The Bertz CT molecular complexity index is 1060. The SMILES string of the molecule is COc1ccc(-c2n[nH]c(=S)n2CCC(=O)N(C)Cc2ccc(Cl)c(Cl)c2)cc1. The van der Waals surface area contributed by atoms with Crippen LogP contribution in [0.25, 0.3) is 11.4 Å². The number of ether oxygens (including phenoxy) is 1. The van der Waals surface area contributed by atoms with Crippen LogP contribution in [-0.2, 0) is 17.9 Å². The minimum absolute atomic E-state index is 0.0140. The third kappa shape index (κ3) is 5.18. The second-order valence-electron chi connectivity index (χ2n) is 6.48. The molecule has 1 aromatic heterocycles. The number of hydrogen-bond donors (Lipinski definition) is 1. The summed E-state index contributed by atoms with van der Waals surface area (Å²) in [5, 5.41) is 8.07. The van der Waals surface area contributed by atoms with Gasteiger partial charge in [0.2, 0.25) is 5.91 Å². The Balaban J connectivity index is 1.67. The summed E-state index contributed by atoms with van der Waals surface area (Å²) in [5.41, 5.74) is 1.80. The topological polar surface area (TPSA) is 63.1 Å². The largest absolute Gasteiger partial charge is 0.497 e. The van der Waals surface area contributed by atoms with Crippen LogP contribution in [0.5, 0.6) is 5.75 Å². The molecular formula is C20H20Cl2N4O2S. The van der Waals surface area contributed by atoms with Crippen LogP contribution in [0.1, 0.15) is 12.0 Å². The second kappa shape index (κ2) is 9.43. The summed E-state index contributed by atoms with van der Waals surface area (Å²) < 4.78 is 7.48. The first-order chi connectivity index (χ1) is 13.9. The molecule has 3 aromatic rings. The van der Waals surface area contributed by atoms with E-state index in [4.69, 9.17) is 40.2 Å². The highest BCUT2D eigenvalue weighted by molar-refractivity contribution is 7.71. The van der Waals surface area contributed by atoms with E-state index in [1.807, 2.05) is 34.9 Å². The molecule has 0 aliphatic carbocycles. The van der Waals surface area contributed by atoms with Crippen LogP contribution >= 0.6 is 35.4 Å². The Morgan fingerprint density at radius 3 is 2.59 bits per heavy atom. The molecule has 0 radical (unpaired) electrons. The molecule has 1 amide bonds. The molecule has 2 aromatic carbocycles. The highest BCUT2D eigenvalue weighted by atomic mass is 35.5. The van der Waals surface area contributed by atoms with Gasteiger partial charge in [-0.3, -0.25) is 14.5 Å². The zero-order valence-electron chi connectivity index (χ0n) is 16.0. The molecule has 0 aliphatic heterocycles. The average Bonchev–Trinajstić information content (AvgIpc) is 3.09. The number of H-pyrrole nitrogens is 1. The molecule has 0 unspecified atom stereocenters. The Kier molecular flexibility index (Phi) is 6.95. The Morgan fingerprint density at radius 2 is 1.93 bits per heavy atom. The molecule has 0 bridgehead atoms. The van der Waals surface area contributed by atoms with Crippen LogP contribution in [0.2, 0.25) is 10.0 Å². The lowest BCUT2D eigenvalue weighted by atomic mass is 10.2. The highest BCUT2D eigenvalue weighted by Gasteiger charge is 2.14. The van der Waals surface area contributed by atoms with Crippen LogP contribution < -0.4 is 4.74 Å². The summed E-state index contributed by atoms with van der Waals surface area (Å²) in [6.45, 7) is 0.860. The van der Waals surface area contributed by atoms with Crippen molar-refractivity contribution in [2.45, 2.75) is 19.5 Å². The van der Waals surface area contributed by atoms with E-state index in [1.54, 1.807) is 31.2 Å². The van der Waals surface area contributed by atoms with E-state index in [-0.39, 0.29) is 12.3 Å². The van der Waals surface area contributed by atoms with E-state index in [1.165, 1.54) is 0 Å². The van der Waals surface area contributed by atoms with Crippen LogP contribution in [-0.4, -0.2) is 39.7 Å². The van der Waals surface area contributed by atoms with Crippen LogP contribution in [0.15, 0.2) is 42.5 Å². The standard InChI is InChI=1S/C20H20Cl2N4O2S/c1-25(12-13-3-8-16(21)17(22)11-13)18(27)9-10-26-19(23-24-20(26)29)14-4-6-15(28-2)7-5-14/h3-8,11H,9-10,12H2,1-2H3,(H,24,29). The number of amides is 1. The number of aromatic amines is 1. The van der Waals surface area contributed by atoms with Gasteiger partial charge in [0, 0.05) is 32.1 Å². The minimum Gasteiger partial charge on any atom is -0.497 e. The third-order valence-electron chi connectivity index (χ3n) is 4.49. The Morgan fingerprint density at radius 1 is 1.21 bits per heavy atom. The molecule has 6 nitrogen and oxygen atoms in total. The lowest BCUT2D eigenvalue weighted by Crippen LogP contribution is -2.27. The maximum atomic E-state index is 12.6. The van der Waals surface area contributed by atoms with Gasteiger partial charge in [0.05, 0.1) is 17.2 Å². The second-order valence-corrected chi connectivity index (χ2v) is 7.68. The fourth-order valence-corrected chi connectivity index (χ4v) is 3.43. The monoisotopic (exact) mass is 450 g/mol. The van der Waals surface area contributed by atoms with Gasteiger partial charge in [0.1, 0.15) is 5.75 Å². The fraction of sp³-hybridized carbons (Fsp3) is 0.250. The third-order valence-corrected chi connectivity index (χ3v) is 5.54. The number of benzene rings is 2. The molecule has 152 valence electrons. The average molecular weight is 451 g/mol. The lowest BCUT2D eigenvalue weighted by molar-refractivity contribution is -0.130. The number of carbonyl (C=O) groups is 1. The van der Waals surface area contributed by atoms with E-state index in [2.05, 4.69) is 10.2 Å². The first-order valence-corrected chi connectivity index (χ1v) is 10.0. The molecule has 29 heavy (non-hydrogen) atoms. The normalized spacial score (nSPS) is 10.8. The molecule has 0 saturated carbocycles. The lowest BCUT2D eigenvalue weighted by Gasteiger charge is -2.18. The summed E-state index contributed by atoms with van der Waals surface area (Å²) in [5.74, 6) is 1.42. The molecule has 0 aliphatic rings. The van der Waals surface area contributed by atoms with Gasteiger partial charge in [-0.2, -0.15) is 5.10 Å². The molecule has 0 atom stereocenters. The molecule has 0 spiro atoms. The zero-order chi connectivity index (χ0) is 21.0. The van der Waals surface area contributed by atoms with Crippen LogP contribution in [0.4, 0.5) is 0 Å². The Labute approximate surface area is 184 Å². The predicted molar refractivity (Wildman–Crippen MR) is 117 cm³/mol. The molecular weight excluding hydrogens is 431 g/mol. The van der Waals surface area contributed by atoms with Crippen LogP contribution in [0.3, 0.4) is 0 Å². The van der Waals surface area contributed by atoms with Gasteiger partial charge in [0.25, 0.3) is 0 Å². The number of methoxy groups -OCH3 is 1. The van der Waals surface area contributed by atoms with Gasteiger partial charge in [-0.05, 0) is 54.2 Å². The van der Waals surface area contributed by atoms with Gasteiger partial charge in [0.15, 0.2) is 10.6 Å². The van der Waals surface area contributed by atoms with Crippen molar-refractivity contribution in [3.05, 3.63) is 62.8 Å². The first-order valence-electron chi connectivity index (χ1n) is 8.86. The molecule has 1 N–H and O–H groups in total. The minimum atomic E-state index is -0.0140. The first kappa shape index (κ1) is 21.4. The van der Waals surface area contributed by atoms with Gasteiger partial charge < -0.3 is 9.64 Å². The molecule has 9 heteroatoms. The summed E-state index contributed by atoms with van der Waals surface area (Å²) in [6.07, 6.45) is 0.287. The quantitative estimate of drug-likeness (QED) is 0.515. The number of carbonyl (C=O) groups excluding carboxylic acids is 1. The highest BCUT2D eigenvalue weighted by Crippen LogP contribution is 2.24. The summed E-state index contributed by atoms with van der Waals surface area (Å²) in [6, 6.07) is 12.9. The summed E-state index contributed by atoms with van der Waals surface area (Å²) in [4.78, 5) is 14.3. The van der Waals surface area contributed by atoms with E-state index in [0.29, 0.717) is 33.7 Å². The van der Waals surface area contributed by atoms with Crippen LogP contribution in [0, 0.1) is 4.77 Å². The van der Waals surface area contributed by atoms with Crippen molar-refractivity contribution in [3.63, 3.8) is 0 Å². The summed E-state index contributed by atoms with van der Waals surface area (Å²) >= 11 is 17.3. The maximum Gasteiger partial charge on any atom is 0.224 e. The zero-order valence-corrected chi connectivity index (χ0v) is 18.3. The fourth-order valence-electron chi connectivity index (χ4n) is 2.88. The maximum absolute atomic E-state index is 12.6.